The van der Waals surface area contributed by atoms with E-state index in [4.69, 9.17) is 21.1 Å². The molecule has 1 amide bonds. The van der Waals surface area contributed by atoms with E-state index in [1.54, 1.807) is 11.0 Å². The molecule has 0 fully saturated rings. The van der Waals surface area contributed by atoms with Gasteiger partial charge in [-0.25, -0.2) is 9.18 Å². The molecule has 6 heteroatoms. The predicted molar refractivity (Wildman–Crippen MR) is 117 cm³/mol. The first-order chi connectivity index (χ1) is 15.2. The number of carbonyl (C=O) groups excluding carboxylic acids is 1. The third-order valence-corrected chi connectivity index (χ3v) is 6.21. The molecule has 4 nitrogen and oxygen atoms in total. The molecule has 0 aromatic heterocycles. The Morgan fingerprint density at radius 3 is 2.45 bits per heavy atom. The van der Waals surface area contributed by atoms with Gasteiger partial charge in [-0.05, 0) is 39.9 Å². The molecule has 0 unspecified atom stereocenters. The zero-order valence-corrected chi connectivity index (χ0v) is 17.6. The molecule has 5 rings (SSSR count). The third kappa shape index (κ3) is 3.63. The normalized spacial score (nSPS) is 14.8. The standard InChI is InChI=1S/C25H21ClFNO3/c26-13-16-11-17-14-28(9-10-30-24(17)23(27)12-16)25(29)31-15-22-20-7-3-1-5-18(20)19-6-2-4-8-21(19)22/h1-8,11-12,22H,9-10,13-15H2. The van der Waals surface area contributed by atoms with Crippen LogP contribution in [0, 0.1) is 5.82 Å². The molecule has 3 aromatic carbocycles. The van der Waals surface area contributed by atoms with Gasteiger partial charge in [0.1, 0.15) is 13.2 Å². The van der Waals surface area contributed by atoms with Crippen LogP contribution in [0.1, 0.15) is 28.2 Å². The summed E-state index contributed by atoms with van der Waals surface area (Å²) < 4.78 is 25.7. The van der Waals surface area contributed by atoms with E-state index in [0.717, 1.165) is 11.1 Å². The number of fused-ring (bicyclic) bond motifs is 4. The molecule has 0 atom stereocenters. The molecule has 3 aromatic rings. The van der Waals surface area contributed by atoms with E-state index >= 15 is 0 Å². The summed E-state index contributed by atoms with van der Waals surface area (Å²) in [6.45, 7) is 0.982. The van der Waals surface area contributed by atoms with Crippen LogP contribution in [-0.2, 0) is 17.2 Å². The largest absolute Gasteiger partial charge is 0.488 e. The maximum atomic E-state index is 14.3. The van der Waals surface area contributed by atoms with Crippen LogP contribution in [0.15, 0.2) is 60.7 Å². The van der Waals surface area contributed by atoms with Crippen molar-refractivity contribution in [2.45, 2.75) is 18.3 Å². The van der Waals surface area contributed by atoms with E-state index in [1.807, 2.05) is 24.3 Å². The molecule has 1 aliphatic heterocycles. The van der Waals surface area contributed by atoms with Crippen molar-refractivity contribution in [3.05, 3.63) is 88.7 Å². The Hall–Kier alpha value is -3.05. The fourth-order valence-electron chi connectivity index (χ4n) is 4.45. The highest BCUT2D eigenvalue weighted by molar-refractivity contribution is 6.17. The molecule has 0 saturated carbocycles. The van der Waals surface area contributed by atoms with Crippen LogP contribution >= 0.6 is 11.6 Å². The molecular weight excluding hydrogens is 417 g/mol. The van der Waals surface area contributed by atoms with Crippen LogP contribution in [0.3, 0.4) is 0 Å². The minimum atomic E-state index is -0.456. The predicted octanol–water partition coefficient (Wildman–Crippen LogP) is 5.71. The summed E-state index contributed by atoms with van der Waals surface area (Å²) in [5.41, 5.74) is 5.93. The number of nitrogens with zero attached hydrogens (tertiary/aromatic N) is 1. The second-order valence-corrected chi connectivity index (χ2v) is 8.04. The van der Waals surface area contributed by atoms with Crippen molar-refractivity contribution >= 4 is 17.7 Å². The maximum absolute atomic E-state index is 14.3. The van der Waals surface area contributed by atoms with Gasteiger partial charge in [-0.3, -0.25) is 0 Å². The molecule has 0 N–H and O–H groups in total. The fraction of sp³-hybridized carbons (Fsp3) is 0.240. The van der Waals surface area contributed by atoms with Crippen molar-refractivity contribution < 1.29 is 18.7 Å². The molecule has 31 heavy (non-hydrogen) atoms. The lowest BCUT2D eigenvalue weighted by molar-refractivity contribution is 0.0947. The van der Waals surface area contributed by atoms with Crippen LogP contribution < -0.4 is 4.74 Å². The van der Waals surface area contributed by atoms with Crippen LogP contribution in [0.4, 0.5) is 9.18 Å². The molecule has 0 bridgehead atoms. The van der Waals surface area contributed by atoms with Gasteiger partial charge in [-0.2, -0.15) is 0 Å². The zero-order chi connectivity index (χ0) is 21.4. The number of ether oxygens (including phenoxy) is 2. The molecular formula is C25H21ClFNO3. The van der Waals surface area contributed by atoms with Gasteiger partial charge in [0, 0.05) is 17.4 Å². The molecule has 0 spiro atoms. The van der Waals surface area contributed by atoms with Gasteiger partial charge in [-0.15, -0.1) is 11.6 Å². The van der Waals surface area contributed by atoms with Crippen molar-refractivity contribution in [3.8, 4) is 16.9 Å². The molecule has 1 heterocycles. The summed E-state index contributed by atoms with van der Waals surface area (Å²) in [5.74, 6) is -0.0905. The Morgan fingerprint density at radius 2 is 1.77 bits per heavy atom. The van der Waals surface area contributed by atoms with E-state index in [9.17, 15) is 9.18 Å². The summed E-state index contributed by atoms with van der Waals surface area (Å²) in [6, 6.07) is 19.6. The molecule has 0 saturated heterocycles. The quantitative estimate of drug-likeness (QED) is 0.493. The van der Waals surface area contributed by atoms with E-state index in [1.165, 1.54) is 17.2 Å². The highest BCUT2D eigenvalue weighted by Gasteiger charge is 2.30. The minimum absolute atomic E-state index is 0.00726. The zero-order valence-electron chi connectivity index (χ0n) is 16.8. The van der Waals surface area contributed by atoms with Crippen LogP contribution in [0.2, 0.25) is 0 Å². The first-order valence-corrected chi connectivity index (χ1v) is 10.8. The Morgan fingerprint density at radius 1 is 1.10 bits per heavy atom. The van der Waals surface area contributed by atoms with Crippen molar-refractivity contribution in [1.29, 1.82) is 0 Å². The van der Waals surface area contributed by atoms with Gasteiger partial charge < -0.3 is 14.4 Å². The Kier molecular flexibility index (Phi) is 5.28. The highest BCUT2D eigenvalue weighted by Crippen LogP contribution is 2.44. The number of amides is 1. The maximum Gasteiger partial charge on any atom is 0.410 e. The SMILES string of the molecule is O=C(OCC1c2ccccc2-c2ccccc21)N1CCOc2c(F)cc(CCl)cc2C1. The van der Waals surface area contributed by atoms with Crippen molar-refractivity contribution in [1.82, 2.24) is 4.90 Å². The number of alkyl halides is 1. The minimum Gasteiger partial charge on any atom is -0.488 e. The molecule has 0 radical (unpaired) electrons. The smallest absolute Gasteiger partial charge is 0.410 e. The summed E-state index contributed by atoms with van der Waals surface area (Å²) in [5, 5.41) is 0. The fourth-order valence-corrected chi connectivity index (χ4v) is 4.61. The number of carbonyl (C=O) groups is 1. The molecule has 2 aliphatic rings. The van der Waals surface area contributed by atoms with E-state index < -0.39 is 11.9 Å². The third-order valence-electron chi connectivity index (χ3n) is 5.90. The van der Waals surface area contributed by atoms with Gasteiger partial charge in [0.25, 0.3) is 0 Å². The van der Waals surface area contributed by atoms with Gasteiger partial charge in [0.05, 0.1) is 13.1 Å². The second kappa shape index (κ2) is 8.23. The number of rotatable bonds is 3. The second-order valence-electron chi connectivity index (χ2n) is 7.77. The first-order valence-electron chi connectivity index (χ1n) is 10.3. The Balaban J connectivity index is 1.34. The summed E-state index contributed by atoms with van der Waals surface area (Å²) in [7, 11) is 0. The lowest BCUT2D eigenvalue weighted by Crippen LogP contribution is -2.33. The number of benzene rings is 3. The van der Waals surface area contributed by atoms with Crippen LogP contribution in [-0.4, -0.2) is 30.8 Å². The van der Waals surface area contributed by atoms with E-state index in [-0.39, 0.29) is 37.3 Å². The van der Waals surface area contributed by atoms with Gasteiger partial charge >= 0.3 is 6.09 Å². The summed E-state index contributed by atoms with van der Waals surface area (Å²) in [4.78, 5) is 14.5. The molecule has 1 aliphatic carbocycles. The summed E-state index contributed by atoms with van der Waals surface area (Å²) >= 11 is 5.87. The van der Waals surface area contributed by atoms with Gasteiger partial charge in [-0.1, -0.05) is 48.5 Å². The van der Waals surface area contributed by atoms with Gasteiger partial charge in [0.2, 0.25) is 0 Å². The monoisotopic (exact) mass is 437 g/mol. The molecule has 158 valence electrons. The number of hydrogen-bond acceptors (Lipinski definition) is 3. The summed E-state index contributed by atoms with van der Waals surface area (Å²) in [6.07, 6.45) is -0.435. The Bertz CT molecular complexity index is 1100. The first kappa shape index (κ1) is 19.9. The van der Waals surface area contributed by atoms with Crippen LogP contribution in [0.25, 0.3) is 11.1 Å². The number of hydrogen-bond donors (Lipinski definition) is 0. The van der Waals surface area contributed by atoms with Crippen molar-refractivity contribution in [2.24, 2.45) is 0 Å². The lowest BCUT2D eigenvalue weighted by atomic mass is 9.98. The van der Waals surface area contributed by atoms with Gasteiger partial charge in [0.15, 0.2) is 11.6 Å². The highest BCUT2D eigenvalue weighted by atomic mass is 35.5. The van der Waals surface area contributed by atoms with Crippen molar-refractivity contribution in [2.75, 3.05) is 19.8 Å². The number of halogens is 2. The van der Waals surface area contributed by atoms with Crippen LogP contribution in [0.5, 0.6) is 5.75 Å². The lowest BCUT2D eigenvalue weighted by Gasteiger charge is -2.21. The average molecular weight is 438 g/mol. The van der Waals surface area contributed by atoms with E-state index in [2.05, 4.69) is 24.3 Å². The average Bonchev–Trinajstić information content (AvgIpc) is 2.95. The Labute approximate surface area is 185 Å². The van der Waals surface area contributed by atoms with E-state index in [0.29, 0.717) is 17.7 Å². The van der Waals surface area contributed by atoms with Crippen molar-refractivity contribution in [3.63, 3.8) is 0 Å². The topological polar surface area (TPSA) is 38.8 Å².